The number of anilines is 6. The van der Waals surface area contributed by atoms with E-state index in [0.717, 1.165) is 162 Å². The molecule has 0 spiro atoms. The molecule has 0 saturated heterocycles. The van der Waals surface area contributed by atoms with Crippen LogP contribution in [-0.4, -0.2) is 15.8 Å². The Morgan fingerprint density at radius 1 is 0.301 bits per heavy atom. The van der Waals surface area contributed by atoms with Gasteiger partial charge in [0.15, 0.2) is 5.69 Å². The maximum absolute atomic E-state index is 11.7. The molecule has 2 aromatic heterocycles. The quantitative estimate of drug-likeness (QED) is 0.0958. The average Bonchev–Trinajstić information content (AvgIpc) is 1.19. The predicted molar refractivity (Wildman–Crippen MR) is 476 cm³/mol. The summed E-state index contributed by atoms with van der Waals surface area (Å²) in [6.45, 7) is 22.3. The molecule has 0 radical (unpaired) electrons. The minimum absolute atomic E-state index is 0.0682. The molecular formula is C106H77BN6. The van der Waals surface area contributed by atoms with E-state index in [9.17, 15) is 5.26 Å². The number of hydrogen-bond acceptors (Lipinski definition) is 3. The van der Waals surface area contributed by atoms with Crippen LogP contribution in [0, 0.1) is 17.9 Å². The van der Waals surface area contributed by atoms with Gasteiger partial charge in [0.25, 0.3) is 6.71 Å². The van der Waals surface area contributed by atoms with Crippen molar-refractivity contribution in [3.05, 3.63) is 386 Å². The zero-order valence-electron chi connectivity index (χ0n) is 63.8. The van der Waals surface area contributed by atoms with Crippen LogP contribution in [0.1, 0.15) is 58.2 Å². The number of aromatic nitrogens is 2. The molecule has 113 heavy (non-hydrogen) atoms. The van der Waals surface area contributed by atoms with Crippen LogP contribution in [0.15, 0.2) is 358 Å². The fourth-order valence-corrected chi connectivity index (χ4v) is 18.0. The van der Waals surface area contributed by atoms with Crippen molar-refractivity contribution in [3.63, 3.8) is 0 Å². The van der Waals surface area contributed by atoms with E-state index in [-0.39, 0.29) is 10.8 Å². The molecule has 0 fully saturated rings. The van der Waals surface area contributed by atoms with E-state index in [0.29, 0.717) is 11.3 Å². The third kappa shape index (κ3) is 11.3. The summed E-state index contributed by atoms with van der Waals surface area (Å²) in [5, 5.41) is 16.4. The van der Waals surface area contributed by atoms with Gasteiger partial charge in [0.2, 0.25) is 0 Å². The minimum Gasteiger partial charge on any atom is -0.310 e. The topological polar surface area (TPSA) is 44.5 Å². The van der Waals surface area contributed by atoms with Gasteiger partial charge < -0.3 is 18.9 Å². The van der Waals surface area contributed by atoms with Gasteiger partial charge in [0.1, 0.15) is 0 Å². The number of para-hydroxylation sites is 5. The zero-order valence-corrected chi connectivity index (χ0v) is 63.8. The van der Waals surface area contributed by atoms with Gasteiger partial charge in [-0.3, -0.25) is 0 Å². The molecular weight excluding hydrogens is 1370 g/mol. The maximum Gasteiger partial charge on any atom is 0.252 e. The zero-order chi connectivity index (χ0) is 76.4. The lowest BCUT2D eigenvalue weighted by molar-refractivity contribution is 0.590. The van der Waals surface area contributed by atoms with Crippen molar-refractivity contribution in [2.45, 2.75) is 52.4 Å². The molecule has 0 amide bonds. The highest BCUT2D eigenvalue weighted by molar-refractivity contribution is 7.00. The van der Waals surface area contributed by atoms with Crippen molar-refractivity contribution < 1.29 is 0 Å². The number of rotatable bonds is 11. The number of nitriles is 1. The van der Waals surface area contributed by atoms with Crippen LogP contribution < -0.4 is 26.2 Å². The number of hydrogen-bond donors (Lipinski definition) is 0. The molecule has 0 bridgehead atoms. The Labute approximate surface area is 660 Å². The second-order valence-electron chi connectivity index (χ2n) is 32.1. The summed E-state index contributed by atoms with van der Waals surface area (Å²) in [5.41, 5.74) is 32.8. The van der Waals surface area contributed by atoms with Crippen LogP contribution in [0.5, 0.6) is 0 Å². The molecule has 0 unspecified atom stereocenters. The maximum atomic E-state index is 11.7. The highest BCUT2D eigenvalue weighted by atomic mass is 15.2. The smallest absolute Gasteiger partial charge is 0.252 e. The average molecular weight is 1450 g/mol. The predicted octanol–water partition coefficient (Wildman–Crippen LogP) is 26.6. The van der Waals surface area contributed by atoms with Gasteiger partial charge in [0, 0.05) is 77.9 Å². The first-order valence-electron chi connectivity index (χ1n) is 39.0. The van der Waals surface area contributed by atoms with Gasteiger partial charge in [-0.05, 0) is 185 Å². The summed E-state index contributed by atoms with van der Waals surface area (Å²) in [6, 6.07) is 134. The molecule has 7 heteroatoms. The molecule has 0 saturated carbocycles. The standard InChI is InChI=1S/C106H77BN6/c1-105(2,3)77-51-47-69(48-52-77)74-59-87(71-31-13-9-14-32-71)103(89(61-74)81-36-18-17-35-73(81)67-108)112-98-65-79(110-94-43-25-20-38-83(94)84-39-21-26-44-95(84)110)55-57-91(98)107-92-58-56-80(111-96-45-27-22-40-85(96)86-41-23-28-46-97(86)111)66-99(92)113(101-64-76(63-100(112)102(101)107)68-29-11-8-12-30-68)104-88(72-33-15-10-16-34-72)60-75(70-49-53-78(54-50-70)106(4,5)6)62-90(104)82-37-19-24-42-93(82)109-7/h8-66H,1-6H3. The van der Waals surface area contributed by atoms with Gasteiger partial charge in [-0.1, -0.05) is 308 Å². The van der Waals surface area contributed by atoms with Gasteiger partial charge >= 0.3 is 0 Å². The van der Waals surface area contributed by atoms with Crippen molar-refractivity contribution in [1.29, 1.82) is 5.26 Å². The van der Waals surface area contributed by atoms with E-state index < -0.39 is 6.71 Å². The Bertz CT molecular complexity index is 6460. The van der Waals surface area contributed by atoms with E-state index in [1.807, 2.05) is 24.3 Å². The first kappa shape index (κ1) is 68.1. The molecule has 0 aliphatic carbocycles. The van der Waals surface area contributed by atoms with Crippen molar-refractivity contribution in [3.8, 4) is 95.3 Å². The van der Waals surface area contributed by atoms with Gasteiger partial charge in [-0.15, -0.1) is 0 Å². The lowest BCUT2D eigenvalue weighted by Gasteiger charge is -2.46. The Morgan fingerprint density at radius 2 is 0.646 bits per heavy atom. The van der Waals surface area contributed by atoms with Crippen LogP contribution in [0.4, 0.5) is 39.8 Å². The second-order valence-corrected chi connectivity index (χ2v) is 32.1. The van der Waals surface area contributed by atoms with Gasteiger partial charge in [-0.2, -0.15) is 5.26 Å². The van der Waals surface area contributed by atoms with E-state index in [2.05, 4.69) is 405 Å². The monoisotopic (exact) mass is 1440 g/mol. The summed E-state index contributed by atoms with van der Waals surface area (Å²) in [7, 11) is 0. The normalized spacial score (nSPS) is 12.4. The lowest BCUT2D eigenvalue weighted by atomic mass is 9.33. The summed E-state index contributed by atoms with van der Waals surface area (Å²) in [4.78, 5) is 9.62. The van der Waals surface area contributed by atoms with Crippen molar-refractivity contribution in [2.75, 3.05) is 9.80 Å². The van der Waals surface area contributed by atoms with Crippen molar-refractivity contribution >= 4 is 107 Å². The summed E-state index contributed by atoms with van der Waals surface area (Å²) < 4.78 is 4.90. The van der Waals surface area contributed by atoms with Crippen molar-refractivity contribution in [2.24, 2.45) is 0 Å². The van der Waals surface area contributed by atoms with Crippen LogP contribution in [0.3, 0.4) is 0 Å². The SMILES string of the molecule is [C-]#[N+]c1ccccc1-c1cc(-c2ccc(C(C)(C)C)cc2)cc(-c2ccccc2)c1N1c2cc(-n3c4ccccc4c4ccccc43)ccc2B2c3ccc(-n4c5ccccc5c5ccccc54)cc3N(c3c(-c4ccccc4)cc(-c4ccc(C(C)(C)C)cc4)cc3-c3ccccc3C#N)c3cc(-c4ccccc4)cc1c32. The number of nitrogens with zero attached hydrogens (tertiary/aromatic N) is 6. The summed E-state index contributed by atoms with van der Waals surface area (Å²) >= 11 is 0. The highest BCUT2D eigenvalue weighted by Crippen LogP contribution is 2.57. The van der Waals surface area contributed by atoms with E-state index in [1.54, 1.807) is 0 Å². The van der Waals surface area contributed by atoms with Gasteiger partial charge in [0.05, 0.1) is 51.6 Å². The molecule has 0 N–H and O–H groups in total. The van der Waals surface area contributed by atoms with Crippen LogP contribution in [-0.2, 0) is 10.8 Å². The molecule has 18 aromatic rings. The molecule has 534 valence electrons. The Kier molecular flexibility index (Phi) is 16.2. The molecule has 6 nitrogen and oxygen atoms in total. The summed E-state index contributed by atoms with van der Waals surface area (Å²) in [6.07, 6.45) is 0. The molecule has 2 aliphatic heterocycles. The second kappa shape index (κ2) is 26.8. The fraction of sp³-hybridized carbons (Fsp3) is 0.0755. The molecule has 20 rings (SSSR count). The first-order chi connectivity index (χ1) is 55.3. The third-order valence-corrected chi connectivity index (χ3v) is 23.5. The van der Waals surface area contributed by atoms with E-state index in [4.69, 9.17) is 6.57 Å². The first-order valence-corrected chi connectivity index (χ1v) is 39.0. The van der Waals surface area contributed by atoms with Crippen LogP contribution in [0.2, 0.25) is 0 Å². The minimum atomic E-state index is -0.392. The largest absolute Gasteiger partial charge is 0.310 e. The van der Waals surface area contributed by atoms with Crippen LogP contribution >= 0.6 is 0 Å². The van der Waals surface area contributed by atoms with E-state index >= 15 is 0 Å². The number of fused-ring (bicyclic) bond motifs is 10. The molecule has 4 heterocycles. The van der Waals surface area contributed by atoms with Crippen molar-refractivity contribution in [1.82, 2.24) is 9.13 Å². The molecule has 0 atom stereocenters. The lowest BCUT2D eigenvalue weighted by Crippen LogP contribution is -2.61. The van der Waals surface area contributed by atoms with Crippen LogP contribution in [0.25, 0.3) is 138 Å². The molecule has 2 aliphatic rings. The highest BCUT2D eigenvalue weighted by Gasteiger charge is 2.46. The molecule has 16 aromatic carbocycles. The Balaban J connectivity index is 0.981. The summed E-state index contributed by atoms with van der Waals surface area (Å²) in [5.74, 6) is 0. The Hall–Kier alpha value is -14.2. The van der Waals surface area contributed by atoms with Gasteiger partial charge in [-0.25, -0.2) is 4.85 Å². The number of benzene rings is 16. The Morgan fingerprint density at radius 3 is 1.06 bits per heavy atom. The van der Waals surface area contributed by atoms with E-state index in [1.165, 1.54) is 32.7 Å². The fourth-order valence-electron chi connectivity index (χ4n) is 18.0. The third-order valence-electron chi connectivity index (χ3n) is 23.5.